The van der Waals surface area contributed by atoms with E-state index in [1.807, 2.05) is 11.0 Å². The molecule has 154 valence electrons. The van der Waals surface area contributed by atoms with Crippen LogP contribution in [-0.2, 0) is 17.3 Å². The summed E-state index contributed by atoms with van der Waals surface area (Å²) >= 11 is 0. The Labute approximate surface area is 170 Å². The Morgan fingerprint density at radius 2 is 1.93 bits per heavy atom. The van der Waals surface area contributed by atoms with Crippen LogP contribution in [0.5, 0.6) is 0 Å². The molecule has 0 atom stereocenters. The van der Waals surface area contributed by atoms with Crippen LogP contribution in [0.3, 0.4) is 0 Å². The van der Waals surface area contributed by atoms with E-state index in [0.717, 1.165) is 48.5 Å². The quantitative estimate of drug-likeness (QED) is 0.817. The second kappa shape index (κ2) is 6.28. The second-order valence-electron chi connectivity index (χ2n) is 10.0. The maximum absolute atomic E-state index is 12.9. The average Bonchev–Trinajstić information content (AvgIpc) is 3.31. The van der Waals surface area contributed by atoms with E-state index >= 15 is 0 Å². The molecule has 2 aromatic rings. The number of H-pyrrole nitrogens is 2. The number of likely N-dealkylation sites (tertiary alicyclic amines) is 1. The number of rotatable bonds is 2. The minimum Gasteiger partial charge on any atom is -0.337 e. The third-order valence-electron chi connectivity index (χ3n) is 6.92. The topological polar surface area (TPSA) is 94.7 Å². The van der Waals surface area contributed by atoms with Gasteiger partial charge < -0.3 is 9.88 Å². The van der Waals surface area contributed by atoms with Crippen molar-refractivity contribution in [2.75, 3.05) is 13.1 Å². The average molecular weight is 396 g/mol. The van der Waals surface area contributed by atoms with E-state index in [4.69, 9.17) is 4.98 Å². The minimum absolute atomic E-state index is 0.00969. The van der Waals surface area contributed by atoms with Crippen molar-refractivity contribution in [3.63, 3.8) is 0 Å². The van der Waals surface area contributed by atoms with Crippen LogP contribution in [0.1, 0.15) is 92.1 Å². The van der Waals surface area contributed by atoms with Crippen molar-refractivity contribution in [2.24, 2.45) is 0 Å². The third-order valence-corrected chi connectivity index (χ3v) is 6.92. The number of carbonyl (C=O) groups is 1. The molecule has 5 rings (SSSR count). The van der Waals surface area contributed by atoms with Gasteiger partial charge in [-0.25, -0.2) is 4.98 Å². The van der Waals surface area contributed by atoms with Crippen molar-refractivity contribution in [2.45, 2.75) is 76.0 Å². The van der Waals surface area contributed by atoms with E-state index in [0.29, 0.717) is 24.7 Å². The van der Waals surface area contributed by atoms with Crippen LogP contribution in [-0.4, -0.2) is 44.1 Å². The molecule has 0 bridgehead atoms. The number of carbonyl (C=O) groups excluding carboxylic acids is 1. The van der Waals surface area contributed by atoms with Gasteiger partial charge in [-0.1, -0.05) is 20.8 Å². The van der Waals surface area contributed by atoms with Gasteiger partial charge >= 0.3 is 0 Å². The SMILES string of the molecule is CC(C)(C)c1nc2c(c(=O)[nH]1)CCC21CCN(C(=O)c2cc(C3CC3)[nH]n2)CC1. The summed E-state index contributed by atoms with van der Waals surface area (Å²) in [6.45, 7) is 7.58. The fourth-order valence-electron chi connectivity index (χ4n) is 4.84. The van der Waals surface area contributed by atoms with Gasteiger partial charge in [-0.3, -0.25) is 14.7 Å². The number of fused-ring (bicyclic) bond motifs is 2. The van der Waals surface area contributed by atoms with Gasteiger partial charge in [0.15, 0.2) is 0 Å². The first-order chi connectivity index (χ1) is 13.8. The number of nitrogens with one attached hydrogen (secondary N) is 2. The Morgan fingerprint density at radius 1 is 1.21 bits per heavy atom. The highest BCUT2D eigenvalue weighted by atomic mass is 16.2. The molecule has 3 heterocycles. The van der Waals surface area contributed by atoms with Gasteiger partial charge in [0.05, 0.1) is 5.69 Å². The second-order valence-corrected chi connectivity index (χ2v) is 10.0. The predicted molar refractivity (Wildman–Crippen MR) is 109 cm³/mol. The summed E-state index contributed by atoms with van der Waals surface area (Å²) < 4.78 is 0. The third kappa shape index (κ3) is 3.11. The summed E-state index contributed by atoms with van der Waals surface area (Å²) in [6, 6.07) is 1.92. The normalized spacial score (nSPS) is 20.9. The monoisotopic (exact) mass is 395 g/mol. The van der Waals surface area contributed by atoms with E-state index in [-0.39, 0.29) is 22.3 Å². The molecule has 1 spiro atoms. The summed E-state index contributed by atoms with van der Waals surface area (Å²) in [5.41, 5.74) is 3.18. The molecule has 3 aliphatic rings. The molecule has 1 amide bonds. The lowest BCUT2D eigenvalue weighted by Crippen LogP contribution is -2.45. The lowest BCUT2D eigenvalue weighted by atomic mass is 9.76. The highest BCUT2D eigenvalue weighted by Crippen LogP contribution is 2.45. The Balaban J connectivity index is 1.36. The number of piperidine rings is 1. The predicted octanol–water partition coefficient (Wildman–Crippen LogP) is 2.79. The van der Waals surface area contributed by atoms with Gasteiger partial charge in [0.25, 0.3) is 11.5 Å². The van der Waals surface area contributed by atoms with Crippen LogP contribution in [0.4, 0.5) is 0 Å². The molecule has 1 saturated heterocycles. The zero-order chi connectivity index (χ0) is 20.4. The summed E-state index contributed by atoms with van der Waals surface area (Å²) in [5.74, 6) is 1.32. The van der Waals surface area contributed by atoms with E-state index in [1.165, 1.54) is 12.8 Å². The van der Waals surface area contributed by atoms with Gasteiger partial charge in [-0.05, 0) is 44.6 Å². The fourth-order valence-corrected chi connectivity index (χ4v) is 4.84. The van der Waals surface area contributed by atoms with Crippen molar-refractivity contribution in [3.05, 3.63) is 44.9 Å². The molecule has 7 heteroatoms. The highest BCUT2D eigenvalue weighted by molar-refractivity contribution is 5.92. The molecule has 0 aromatic carbocycles. The largest absolute Gasteiger partial charge is 0.337 e. The van der Waals surface area contributed by atoms with Crippen LogP contribution < -0.4 is 5.56 Å². The van der Waals surface area contributed by atoms with Crippen LogP contribution in [0.25, 0.3) is 0 Å². The molecule has 2 aromatic heterocycles. The van der Waals surface area contributed by atoms with Crippen LogP contribution >= 0.6 is 0 Å². The van der Waals surface area contributed by atoms with Gasteiger partial charge in [0, 0.05) is 41.1 Å². The Bertz CT molecular complexity index is 1020. The van der Waals surface area contributed by atoms with E-state index in [1.54, 1.807) is 0 Å². The molecule has 2 fully saturated rings. The van der Waals surface area contributed by atoms with Crippen LogP contribution in [0.2, 0.25) is 0 Å². The van der Waals surface area contributed by atoms with Gasteiger partial charge in [0.2, 0.25) is 0 Å². The molecule has 0 unspecified atom stereocenters. The number of hydrogen-bond donors (Lipinski definition) is 2. The number of aromatic nitrogens is 4. The molecule has 1 saturated carbocycles. The van der Waals surface area contributed by atoms with E-state index in [2.05, 4.69) is 36.0 Å². The smallest absolute Gasteiger partial charge is 0.274 e. The summed E-state index contributed by atoms with van der Waals surface area (Å²) in [4.78, 5) is 35.4. The van der Waals surface area contributed by atoms with Crippen molar-refractivity contribution < 1.29 is 4.79 Å². The molecular weight excluding hydrogens is 366 g/mol. The van der Waals surface area contributed by atoms with Crippen molar-refractivity contribution in [1.82, 2.24) is 25.1 Å². The zero-order valence-corrected chi connectivity index (χ0v) is 17.5. The Morgan fingerprint density at radius 3 is 2.59 bits per heavy atom. The van der Waals surface area contributed by atoms with Gasteiger partial charge in [0.1, 0.15) is 11.5 Å². The molecule has 2 aliphatic carbocycles. The first-order valence-corrected chi connectivity index (χ1v) is 10.8. The maximum Gasteiger partial charge on any atom is 0.274 e. The molecule has 2 N–H and O–H groups in total. The van der Waals surface area contributed by atoms with E-state index < -0.39 is 0 Å². The first kappa shape index (κ1) is 18.6. The lowest BCUT2D eigenvalue weighted by Gasteiger charge is -2.39. The number of amides is 1. The standard InChI is InChI=1S/C22H29N5O2/c1-21(2,3)20-23-17-14(18(28)24-20)6-7-22(17)8-10-27(11-9-22)19(29)16-12-15(25-26-16)13-4-5-13/h12-13H,4-11H2,1-3H3,(H,25,26)(H,23,24,28). The lowest BCUT2D eigenvalue weighted by molar-refractivity contribution is 0.0657. The maximum atomic E-state index is 12.9. The van der Waals surface area contributed by atoms with Crippen molar-refractivity contribution in [1.29, 1.82) is 0 Å². The van der Waals surface area contributed by atoms with Crippen molar-refractivity contribution >= 4 is 5.91 Å². The van der Waals surface area contributed by atoms with Crippen LogP contribution in [0.15, 0.2) is 10.9 Å². The first-order valence-electron chi connectivity index (χ1n) is 10.8. The van der Waals surface area contributed by atoms with Crippen LogP contribution in [0, 0.1) is 0 Å². The fraction of sp³-hybridized carbons (Fsp3) is 0.636. The van der Waals surface area contributed by atoms with Gasteiger partial charge in [-0.15, -0.1) is 0 Å². The minimum atomic E-state index is -0.201. The summed E-state index contributed by atoms with van der Waals surface area (Å²) in [6.07, 6.45) is 5.80. The summed E-state index contributed by atoms with van der Waals surface area (Å²) in [5, 5.41) is 7.28. The molecule has 0 radical (unpaired) electrons. The molecular formula is C22H29N5O2. The summed E-state index contributed by atoms with van der Waals surface area (Å²) in [7, 11) is 0. The molecule has 1 aliphatic heterocycles. The highest BCUT2D eigenvalue weighted by Gasteiger charge is 2.45. The van der Waals surface area contributed by atoms with Gasteiger partial charge in [-0.2, -0.15) is 5.10 Å². The molecule has 7 nitrogen and oxygen atoms in total. The molecule has 29 heavy (non-hydrogen) atoms. The Hall–Kier alpha value is -2.44. The van der Waals surface area contributed by atoms with Crippen molar-refractivity contribution in [3.8, 4) is 0 Å². The van der Waals surface area contributed by atoms with E-state index in [9.17, 15) is 9.59 Å². The number of hydrogen-bond acceptors (Lipinski definition) is 4. The zero-order valence-electron chi connectivity index (χ0n) is 17.5. The Kier molecular flexibility index (Phi) is 4.02. The number of nitrogens with zero attached hydrogens (tertiary/aromatic N) is 3. The number of aromatic amines is 2.